The first-order chi connectivity index (χ1) is 18.1. The molecule has 38 heavy (non-hydrogen) atoms. The van der Waals surface area contributed by atoms with Gasteiger partial charge in [0.05, 0.1) is 36.2 Å². The molecule has 2 aromatic heterocycles. The molecular weight excluding hydrogens is 515 g/mol. The zero-order chi connectivity index (χ0) is 26.9. The zero-order valence-electron chi connectivity index (χ0n) is 20.8. The Morgan fingerprint density at radius 3 is 2.61 bits per heavy atom. The van der Waals surface area contributed by atoms with Gasteiger partial charge in [0.25, 0.3) is 0 Å². The van der Waals surface area contributed by atoms with E-state index >= 15 is 0 Å². The number of piperazine rings is 1. The fourth-order valence-corrected chi connectivity index (χ4v) is 4.83. The number of aromatic nitrogens is 3. The molecule has 1 unspecified atom stereocenters. The summed E-state index contributed by atoms with van der Waals surface area (Å²) >= 11 is 6.09. The van der Waals surface area contributed by atoms with Gasteiger partial charge < -0.3 is 9.47 Å². The summed E-state index contributed by atoms with van der Waals surface area (Å²) in [6.45, 7) is 3.91. The van der Waals surface area contributed by atoms with Crippen molar-refractivity contribution in [3.8, 4) is 0 Å². The fraction of sp³-hybridized carbons (Fsp3) is 0.321. The van der Waals surface area contributed by atoms with Crippen molar-refractivity contribution in [3.63, 3.8) is 0 Å². The zero-order valence-corrected chi connectivity index (χ0v) is 21.6. The molecule has 10 heteroatoms. The lowest BCUT2D eigenvalue weighted by Gasteiger charge is -2.34. The van der Waals surface area contributed by atoms with Crippen molar-refractivity contribution >= 4 is 28.8 Å². The number of alkyl halides is 3. The Hall–Kier alpha value is -3.43. The molecule has 1 aliphatic heterocycles. The van der Waals surface area contributed by atoms with Gasteiger partial charge in [-0.15, -0.1) is 0 Å². The van der Waals surface area contributed by atoms with Crippen molar-refractivity contribution in [1.82, 2.24) is 19.4 Å². The second-order valence-electron chi connectivity index (χ2n) is 9.91. The van der Waals surface area contributed by atoms with Crippen LogP contribution in [0.3, 0.4) is 0 Å². The minimum absolute atomic E-state index is 0.0194. The van der Waals surface area contributed by atoms with Crippen LogP contribution in [-0.2, 0) is 17.9 Å². The molecule has 0 saturated carbocycles. The second kappa shape index (κ2) is 10.4. The summed E-state index contributed by atoms with van der Waals surface area (Å²) in [4.78, 5) is 25.4. The molecular formula is C28H27ClF3N5O. The quantitative estimate of drug-likeness (QED) is 0.399. The van der Waals surface area contributed by atoms with E-state index in [-0.39, 0.29) is 12.3 Å². The van der Waals surface area contributed by atoms with Crippen LogP contribution in [-0.4, -0.2) is 51.2 Å². The first-order valence-corrected chi connectivity index (χ1v) is 12.7. The van der Waals surface area contributed by atoms with Crippen molar-refractivity contribution in [2.24, 2.45) is 5.41 Å². The van der Waals surface area contributed by atoms with Crippen molar-refractivity contribution < 1.29 is 18.0 Å². The van der Waals surface area contributed by atoms with E-state index in [9.17, 15) is 18.0 Å². The monoisotopic (exact) mass is 541 g/mol. The predicted octanol–water partition coefficient (Wildman–Crippen LogP) is 5.74. The van der Waals surface area contributed by atoms with Gasteiger partial charge in [-0.1, -0.05) is 42.0 Å². The van der Waals surface area contributed by atoms with Crippen LogP contribution >= 0.6 is 11.6 Å². The Balaban J connectivity index is 1.20. The number of carbonyl (C=O) groups is 1. The lowest BCUT2D eigenvalue weighted by molar-refractivity contribution is -0.199. The van der Waals surface area contributed by atoms with Crippen LogP contribution in [0.1, 0.15) is 30.3 Å². The Bertz CT molecular complexity index is 1380. The average molecular weight is 542 g/mol. The average Bonchev–Trinajstić information content (AvgIpc) is 3.31. The fourth-order valence-electron chi connectivity index (χ4n) is 4.64. The number of nitrogens with zero attached hydrogens (tertiary/aromatic N) is 5. The Kier molecular flexibility index (Phi) is 7.15. The normalized spacial score (nSPS) is 20.6. The van der Waals surface area contributed by atoms with Gasteiger partial charge in [0, 0.05) is 42.7 Å². The van der Waals surface area contributed by atoms with Crippen LogP contribution in [0.2, 0.25) is 5.02 Å². The van der Waals surface area contributed by atoms with Gasteiger partial charge in [0.15, 0.2) is 0 Å². The summed E-state index contributed by atoms with van der Waals surface area (Å²) in [5.41, 5.74) is 2.19. The topological polar surface area (TPSA) is 54.3 Å². The molecule has 0 bridgehead atoms. The first kappa shape index (κ1) is 26.2. The summed E-state index contributed by atoms with van der Waals surface area (Å²) in [5, 5.41) is 0.598. The molecule has 1 atom stereocenters. The summed E-state index contributed by atoms with van der Waals surface area (Å²) in [6.07, 6.45) is 5.19. The predicted molar refractivity (Wildman–Crippen MR) is 141 cm³/mol. The number of amides is 1. The number of hydrogen-bond donors (Lipinski definition) is 0. The number of imidazole rings is 1. The summed E-state index contributed by atoms with van der Waals surface area (Å²) in [5.74, 6) is 0.0194. The van der Waals surface area contributed by atoms with Gasteiger partial charge in [-0.25, -0.2) is 4.98 Å². The minimum atomic E-state index is -4.29. The Labute approximate surface area is 224 Å². The molecule has 1 fully saturated rings. The second-order valence-corrected chi connectivity index (χ2v) is 10.3. The number of anilines is 1. The third-order valence-corrected chi connectivity index (χ3v) is 7.34. The molecule has 0 N–H and O–H groups in total. The number of carbonyl (C=O) groups excluding carboxylic acids is 1. The van der Waals surface area contributed by atoms with Crippen LogP contribution in [0.25, 0.3) is 5.57 Å². The third-order valence-electron chi connectivity index (χ3n) is 7.10. The third kappa shape index (κ3) is 5.54. The Morgan fingerprint density at radius 1 is 1.11 bits per heavy atom. The van der Waals surface area contributed by atoms with Gasteiger partial charge >= 0.3 is 6.18 Å². The molecule has 3 heterocycles. The van der Waals surface area contributed by atoms with E-state index in [0.29, 0.717) is 42.5 Å². The van der Waals surface area contributed by atoms with Crippen molar-refractivity contribution in [1.29, 1.82) is 0 Å². The van der Waals surface area contributed by atoms with Gasteiger partial charge in [-0.3, -0.25) is 14.7 Å². The molecule has 5 rings (SSSR count). The molecule has 0 radical (unpaired) electrons. The van der Waals surface area contributed by atoms with Crippen LogP contribution in [0.15, 0.2) is 73.3 Å². The summed E-state index contributed by atoms with van der Waals surface area (Å²) in [6, 6.07) is 11.0. The van der Waals surface area contributed by atoms with E-state index in [1.54, 1.807) is 41.8 Å². The maximum absolute atomic E-state index is 13.3. The molecule has 2 aliphatic rings. The molecule has 1 saturated heterocycles. The highest BCUT2D eigenvalue weighted by Gasteiger charge is 2.49. The van der Waals surface area contributed by atoms with Crippen LogP contribution < -0.4 is 4.90 Å². The van der Waals surface area contributed by atoms with E-state index in [1.165, 1.54) is 19.1 Å². The largest absolute Gasteiger partial charge is 0.397 e. The molecule has 1 aromatic carbocycles. The first-order valence-electron chi connectivity index (χ1n) is 12.3. The maximum atomic E-state index is 13.3. The number of halogens is 4. The molecule has 198 valence electrons. The van der Waals surface area contributed by atoms with Gasteiger partial charge in [-0.2, -0.15) is 13.2 Å². The number of rotatable bonds is 6. The van der Waals surface area contributed by atoms with Crippen molar-refractivity contribution in [2.45, 2.75) is 32.6 Å². The smallest absolute Gasteiger partial charge is 0.329 e. The van der Waals surface area contributed by atoms with Gasteiger partial charge in [0.1, 0.15) is 0 Å². The lowest BCUT2D eigenvalue weighted by Crippen LogP contribution is -2.50. The molecule has 1 aliphatic carbocycles. The summed E-state index contributed by atoms with van der Waals surface area (Å²) < 4.78 is 41.8. The van der Waals surface area contributed by atoms with Crippen LogP contribution in [0, 0.1) is 5.41 Å². The van der Waals surface area contributed by atoms with E-state index in [2.05, 4.69) is 14.9 Å². The number of benzene rings is 1. The molecule has 1 amide bonds. The van der Waals surface area contributed by atoms with E-state index < -0.39 is 11.6 Å². The molecule has 3 aromatic rings. The number of hydrogen-bond acceptors (Lipinski definition) is 4. The highest BCUT2D eigenvalue weighted by molar-refractivity contribution is 6.30. The van der Waals surface area contributed by atoms with Crippen molar-refractivity contribution in [2.75, 3.05) is 24.5 Å². The maximum Gasteiger partial charge on any atom is 0.397 e. The van der Waals surface area contributed by atoms with Gasteiger partial charge in [0.2, 0.25) is 5.91 Å². The molecule has 0 spiro atoms. The van der Waals surface area contributed by atoms with E-state index in [1.807, 2.05) is 28.8 Å². The number of pyridine rings is 1. The summed E-state index contributed by atoms with van der Waals surface area (Å²) in [7, 11) is 0. The highest BCUT2D eigenvalue weighted by Crippen LogP contribution is 2.45. The standard InChI is InChI=1S/C28H27ClF3N5O/c1-27(28(30,31)32)9-7-21(8-10-27)25-6-5-20(14-34-25)16-36-19-33-15-24(36)17-35-11-12-37(26(38)18-35)23-4-2-3-22(29)13-23/h2-9,13-15,19H,10-12,16-18H2,1H3. The lowest BCUT2D eigenvalue weighted by atomic mass is 9.81. The number of allylic oxidation sites excluding steroid dienone is 4. The van der Waals surface area contributed by atoms with Crippen LogP contribution in [0.5, 0.6) is 0 Å². The van der Waals surface area contributed by atoms with Crippen LogP contribution in [0.4, 0.5) is 18.9 Å². The highest BCUT2D eigenvalue weighted by atomic mass is 35.5. The minimum Gasteiger partial charge on any atom is -0.329 e. The molecule has 6 nitrogen and oxygen atoms in total. The van der Waals surface area contributed by atoms with Gasteiger partial charge in [-0.05, 0) is 48.7 Å². The van der Waals surface area contributed by atoms with Crippen molar-refractivity contribution in [3.05, 3.63) is 95.3 Å². The Morgan fingerprint density at radius 2 is 1.95 bits per heavy atom. The SMILES string of the molecule is CC1(C(F)(F)F)C=CC(c2ccc(Cn3cncc3CN3CCN(c4cccc(Cl)c4)C(=O)C3)cn2)=CC1. The van der Waals surface area contributed by atoms with E-state index in [0.717, 1.165) is 23.5 Å². The van der Waals surface area contributed by atoms with E-state index in [4.69, 9.17) is 11.6 Å².